The minimum absolute atomic E-state index is 0.0434. The predicted molar refractivity (Wildman–Crippen MR) is 159 cm³/mol. The van der Waals surface area contributed by atoms with Gasteiger partial charge in [0.05, 0.1) is 19.1 Å². The molecular formula is C34H36F2N2O6. The zero-order valence-corrected chi connectivity index (χ0v) is 24.8. The van der Waals surface area contributed by atoms with Gasteiger partial charge in [0.2, 0.25) is 12.7 Å². The van der Waals surface area contributed by atoms with Gasteiger partial charge >= 0.3 is 5.97 Å². The number of ether oxygens (including phenoxy) is 3. The van der Waals surface area contributed by atoms with E-state index in [9.17, 15) is 19.1 Å². The number of nitrogens with zero attached hydrogens (tertiary/aromatic N) is 1. The highest BCUT2D eigenvalue weighted by Crippen LogP contribution is 2.48. The molecular weight excluding hydrogens is 570 g/mol. The molecule has 2 aliphatic heterocycles. The van der Waals surface area contributed by atoms with Crippen molar-refractivity contribution in [3.63, 3.8) is 0 Å². The van der Waals surface area contributed by atoms with E-state index in [2.05, 4.69) is 5.32 Å². The zero-order chi connectivity index (χ0) is 31.0. The van der Waals surface area contributed by atoms with Crippen molar-refractivity contribution in [1.29, 1.82) is 0 Å². The summed E-state index contributed by atoms with van der Waals surface area (Å²) in [6.07, 6.45) is 3.36. The molecule has 8 nitrogen and oxygen atoms in total. The molecule has 3 aromatic rings. The molecule has 1 amide bonds. The van der Waals surface area contributed by atoms with Gasteiger partial charge < -0.3 is 24.6 Å². The molecule has 1 saturated heterocycles. The van der Waals surface area contributed by atoms with Crippen LogP contribution in [-0.2, 0) is 22.4 Å². The van der Waals surface area contributed by atoms with Crippen molar-refractivity contribution < 1.29 is 37.7 Å². The Morgan fingerprint density at radius 3 is 2.27 bits per heavy atom. The second-order valence-electron chi connectivity index (χ2n) is 11.7. The lowest BCUT2D eigenvalue weighted by Crippen LogP contribution is -2.35. The number of carbonyl (C=O) groups is 2. The zero-order valence-electron chi connectivity index (χ0n) is 24.8. The van der Waals surface area contributed by atoms with Gasteiger partial charge in [-0.2, -0.15) is 0 Å². The third-order valence-electron chi connectivity index (χ3n) is 8.82. The first kappa shape index (κ1) is 29.9. The molecule has 2 fully saturated rings. The summed E-state index contributed by atoms with van der Waals surface area (Å²) in [4.78, 5) is 28.3. The average molecular weight is 607 g/mol. The summed E-state index contributed by atoms with van der Waals surface area (Å²) in [6, 6.07) is 12.1. The van der Waals surface area contributed by atoms with Gasteiger partial charge in [-0.05, 0) is 84.2 Å². The smallest absolute Gasteiger partial charge is 0.309 e. The van der Waals surface area contributed by atoms with E-state index < -0.39 is 29.7 Å². The minimum Gasteiger partial charge on any atom is -0.493 e. The molecule has 0 radical (unpaired) electrons. The lowest BCUT2D eigenvalue weighted by atomic mass is 9.82. The summed E-state index contributed by atoms with van der Waals surface area (Å²) >= 11 is 0. The van der Waals surface area contributed by atoms with E-state index in [-0.39, 0.29) is 42.9 Å². The summed E-state index contributed by atoms with van der Waals surface area (Å²) in [5.41, 5.74) is 2.80. The number of aliphatic carboxylic acids is 1. The van der Waals surface area contributed by atoms with Crippen LogP contribution in [0.25, 0.3) is 0 Å². The number of hydrogen-bond acceptors (Lipinski definition) is 6. The van der Waals surface area contributed by atoms with E-state index in [1.807, 2.05) is 38.1 Å². The van der Waals surface area contributed by atoms with Crippen molar-refractivity contribution >= 4 is 17.6 Å². The molecule has 6 rings (SSSR count). The number of nitrogens with one attached hydrogen (secondary N) is 1. The van der Waals surface area contributed by atoms with Crippen LogP contribution in [0.2, 0.25) is 0 Å². The van der Waals surface area contributed by atoms with Gasteiger partial charge in [-0.25, -0.2) is 8.78 Å². The molecule has 0 aromatic heterocycles. The van der Waals surface area contributed by atoms with Gasteiger partial charge in [-0.1, -0.05) is 26.0 Å². The highest BCUT2D eigenvalue weighted by Gasteiger charge is 2.49. The molecule has 3 atom stereocenters. The lowest BCUT2D eigenvalue weighted by Gasteiger charge is -2.27. The van der Waals surface area contributed by atoms with Crippen molar-refractivity contribution in [2.75, 3.05) is 31.8 Å². The van der Waals surface area contributed by atoms with Crippen LogP contribution in [0.1, 0.15) is 60.9 Å². The van der Waals surface area contributed by atoms with Gasteiger partial charge in [-0.3, -0.25) is 14.5 Å². The Balaban J connectivity index is 1.33. The number of aryl methyl sites for hydroxylation is 2. The van der Waals surface area contributed by atoms with Gasteiger partial charge in [0.15, 0.2) is 11.5 Å². The third kappa shape index (κ3) is 6.08. The number of carbonyl (C=O) groups excluding carboxylic acids is 1. The fraction of sp³-hybridized carbons (Fsp3) is 0.412. The van der Waals surface area contributed by atoms with Crippen LogP contribution in [0.4, 0.5) is 14.5 Å². The standard InChI is InChI=1S/C34H36F2N2O6/c1-3-20-11-23(35)12-21(4-2)32(20)37-30(39)16-38-15-26(25-13-28-29(14-27(25)36)44-18-43-28)31(34(40)41)33(38)22-7-9-24(10-8-22)42-17-19-5-6-19/h7-14,19,26,31,33H,3-6,15-18H2,1-2H3,(H,37,39)(H,40,41)/t26-,31?,33+/m1/s1. The second-order valence-corrected chi connectivity index (χ2v) is 11.7. The van der Waals surface area contributed by atoms with Crippen LogP contribution >= 0.6 is 0 Å². The van der Waals surface area contributed by atoms with Gasteiger partial charge in [0, 0.05) is 30.3 Å². The van der Waals surface area contributed by atoms with E-state index in [1.165, 1.54) is 24.3 Å². The molecule has 2 N–H and O–H groups in total. The van der Waals surface area contributed by atoms with Crippen molar-refractivity contribution in [3.05, 3.63) is 82.4 Å². The number of fused-ring (bicyclic) bond motifs is 1. The fourth-order valence-corrected chi connectivity index (χ4v) is 6.39. The molecule has 0 bridgehead atoms. The van der Waals surface area contributed by atoms with Crippen LogP contribution in [0.15, 0.2) is 48.5 Å². The molecule has 232 valence electrons. The fourth-order valence-electron chi connectivity index (χ4n) is 6.39. The molecule has 0 spiro atoms. The molecule has 1 saturated carbocycles. The molecule has 1 aliphatic carbocycles. The van der Waals surface area contributed by atoms with E-state index in [4.69, 9.17) is 14.2 Å². The maximum atomic E-state index is 15.5. The molecule has 2 heterocycles. The van der Waals surface area contributed by atoms with Crippen molar-refractivity contribution in [2.45, 2.75) is 51.5 Å². The Labute approximate surface area is 254 Å². The Morgan fingerprint density at radius 1 is 1.00 bits per heavy atom. The highest BCUT2D eigenvalue weighted by atomic mass is 19.1. The number of anilines is 1. The number of carboxylic acids is 1. The summed E-state index contributed by atoms with van der Waals surface area (Å²) < 4.78 is 46.4. The number of likely N-dealkylation sites (tertiary alicyclic amines) is 1. The van der Waals surface area contributed by atoms with Crippen LogP contribution < -0.4 is 19.5 Å². The topological polar surface area (TPSA) is 97.3 Å². The first-order valence-electron chi connectivity index (χ1n) is 15.2. The van der Waals surface area contributed by atoms with E-state index >= 15 is 4.39 Å². The van der Waals surface area contributed by atoms with Gasteiger partial charge in [-0.15, -0.1) is 0 Å². The van der Waals surface area contributed by atoms with E-state index in [0.717, 1.165) is 12.8 Å². The normalized spacial score (nSPS) is 21.0. The average Bonchev–Trinajstić information content (AvgIpc) is 3.61. The van der Waals surface area contributed by atoms with Crippen LogP contribution in [0.3, 0.4) is 0 Å². The quantitative estimate of drug-likeness (QED) is 0.273. The molecule has 44 heavy (non-hydrogen) atoms. The van der Waals surface area contributed by atoms with E-state index in [1.54, 1.807) is 4.90 Å². The Hall–Kier alpha value is -4.18. The predicted octanol–water partition coefficient (Wildman–Crippen LogP) is 6.09. The minimum atomic E-state index is -1.10. The Kier molecular flexibility index (Phi) is 8.44. The first-order chi connectivity index (χ1) is 21.2. The summed E-state index contributed by atoms with van der Waals surface area (Å²) in [5.74, 6) is -2.40. The molecule has 10 heteroatoms. The number of carboxylic acid groups (broad SMARTS) is 1. The van der Waals surface area contributed by atoms with Gasteiger partial charge in [0.25, 0.3) is 0 Å². The van der Waals surface area contributed by atoms with Crippen molar-refractivity contribution in [2.24, 2.45) is 11.8 Å². The monoisotopic (exact) mass is 606 g/mol. The maximum Gasteiger partial charge on any atom is 0.309 e. The number of hydrogen-bond donors (Lipinski definition) is 2. The number of amides is 1. The maximum absolute atomic E-state index is 15.5. The number of benzene rings is 3. The number of rotatable bonds is 11. The van der Waals surface area contributed by atoms with Gasteiger partial charge in [0.1, 0.15) is 17.4 Å². The van der Waals surface area contributed by atoms with Crippen molar-refractivity contribution in [1.82, 2.24) is 4.90 Å². The Morgan fingerprint density at radius 2 is 1.66 bits per heavy atom. The van der Waals surface area contributed by atoms with Crippen LogP contribution in [0, 0.1) is 23.5 Å². The summed E-state index contributed by atoms with van der Waals surface area (Å²) in [7, 11) is 0. The third-order valence-corrected chi connectivity index (χ3v) is 8.82. The molecule has 3 aliphatic rings. The Bertz CT molecular complexity index is 1530. The second kappa shape index (κ2) is 12.4. The SMILES string of the molecule is CCc1cc(F)cc(CC)c1NC(=O)CN1C[C@H](c2cc3c(cc2F)OCO3)C(C(=O)O)[C@@H]1c1ccc(OCC2CC2)cc1. The lowest BCUT2D eigenvalue weighted by molar-refractivity contribution is -0.143. The van der Waals surface area contributed by atoms with Crippen molar-refractivity contribution in [3.8, 4) is 17.2 Å². The molecule has 1 unspecified atom stereocenters. The largest absolute Gasteiger partial charge is 0.493 e. The summed E-state index contributed by atoms with van der Waals surface area (Å²) in [6.45, 7) is 4.33. The van der Waals surface area contributed by atoms with E-state index in [0.29, 0.717) is 59.2 Å². The first-order valence-corrected chi connectivity index (χ1v) is 15.2. The van der Waals surface area contributed by atoms with Crippen LogP contribution in [0.5, 0.6) is 17.2 Å². The van der Waals surface area contributed by atoms with Crippen LogP contribution in [-0.4, -0.2) is 48.4 Å². The summed E-state index contributed by atoms with van der Waals surface area (Å²) in [5, 5.41) is 13.5. The number of halogens is 2. The highest BCUT2D eigenvalue weighted by molar-refractivity contribution is 5.94. The molecule has 3 aromatic carbocycles.